The standard InChI is InChI=1S/C9H16O2.H3O3P/c1-4-7-8(5-2)9(10)11-6-3;1-4(2)3/h7H,4-6H2,1-3H3;1-3H. The van der Waals surface area contributed by atoms with Crippen molar-refractivity contribution in [2.24, 2.45) is 0 Å². The molecule has 5 nitrogen and oxygen atoms in total. The first-order chi connectivity index (χ1) is 6.99. The summed E-state index contributed by atoms with van der Waals surface area (Å²) in [5.41, 5.74) is 0.786. The zero-order valence-corrected chi connectivity index (χ0v) is 10.2. The monoisotopic (exact) mass is 238 g/mol. The molecule has 0 rings (SSSR count). The highest BCUT2D eigenvalue weighted by atomic mass is 31.2. The number of ether oxygens (including phenoxy) is 1. The largest absolute Gasteiger partial charge is 0.463 e. The van der Waals surface area contributed by atoms with Gasteiger partial charge in [0.1, 0.15) is 0 Å². The molecule has 0 aliphatic heterocycles. The number of hydrogen-bond donors (Lipinski definition) is 3. The van der Waals surface area contributed by atoms with Crippen LogP contribution in [-0.2, 0) is 9.53 Å². The second-order valence-electron chi connectivity index (χ2n) is 2.48. The number of allylic oxidation sites excluding steroid dienone is 1. The van der Waals surface area contributed by atoms with Crippen molar-refractivity contribution in [1.82, 2.24) is 0 Å². The van der Waals surface area contributed by atoms with Gasteiger partial charge in [-0.05, 0) is 19.8 Å². The van der Waals surface area contributed by atoms with Gasteiger partial charge in [0.15, 0.2) is 0 Å². The fourth-order valence-corrected chi connectivity index (χ4v) is 0.842. The van der Waals surface area contributed by atoms with Crippen molar-refractivity contribution in [2.75, 3.05) is 6.61 Å². The summed E-state index contributed by atoms with van der Waals surface area (Å²) in [4.78, 5) is 32.8. The summed E-state index contributed by atoms with van der Waals surface area (Å²) in [6.45, 7) is 6.24. The summed E-state index contributed by atoms with van der Waals surface area (Å²) in [7, 11) is -2.62. The molecule has 0 bridgehead atoms. The van der Waals surface area contributed by atoms with E-state index >= 15 is 0 Å². The average Bonchev–Trinajstić information content (AvgIpc) is 2.13. The predicted octanol–water partition coefficient (Wildman–Crippen LogP) is 1.49. The van der Waals surface area contributed by atoms with Crippen LogP contribution in [0.15, 0.2) is 11.6 Å². The minimum Gasteiger partial charge on any atom is -0.463 e. The number of hydrogen-bond acceptors (Lipinski definition) is 5. The van der Waals surface area contributed by atoms with E-state index < -0.39 is 8.60 Å². The molecule has 0 fully saturated rings. The SMILES string of the molecule is CCC=C(CC)C(=O)OCC.OP(O)O. The van der Waals surface area contributed by atoms with Gasteiger partial charge in [-0.1, -0.05) is 19.9 Å². The lowest BCUT2D eigenvalue weighted by Crippen LogP contribution is -2.06. The first kappa shape index (κ1) is 16.9. The molecular weight excluding hydrogens is 219 g/mol. The third-order valence-electron chi connectivity index (χ3n) is 1.37. The molecule has 0 saturated carbocycles. The van der Waals surface area contributed by atoms with E-state index in [2.05, 4.69) is 0 Å². The van der Waals surface area contributed by atoms with Crippen molar-refractivity contribution in [3.63, 3.8) is 0 Å². The van der Waals surface area contributed by atoms with Crippen molar-refractivity contribution in [1.29, 1.82) is 0 Å². The number of esters is 1. The minimum absolute atomic E-state index is 0.170. The van der Waals surface area contributed by atoms with Gasteiger partial charge in [0, 0.05) is 5.57 Å². The number of carbonyl (C=O) groups excluding carboxylic acids is 1. The molecule has 0 heterocycles. The Labute approximate surface area is 91.4 Å². The molecule has 0 aromatic rings. The minimum atomic E-state index is -2.62. The van der Waals surface area contributed by atoms with Gasteiger partial charge in [-0.2, -0.15) is 0 Å². The van der Waals surface area contributed by atoms with Crippen LogP contribution < -0.4 is 0 Å². The Hall–Kier alpha value is -0.480. The van der Waals surface area contributed by atoms with Gasteiger partial charge in [-0.25, -0.2) is 4.79 Å². The van der Waals surface area contributed by atoms with E-state index in [1.165, 1.54) is 0 Å². The molecule has 0 aliphatic carbocycles. The zero-order chi connectivity index (χ0) is 12.3. The summed E-state index contributed by atoms with van der Waals surface area (Å²) in [6, 6.07) is 0. The maximum absolute atomic E-state index is 11.1. The van der Waals surface area contributed by atoms with Crippen LogP contribution in [0.5, 0.6) is 0 Å². The lowest BCUT2D eigenvalue weighted by Gasteiger charge is -2.02. The highest BCUT2D eigenvalue weighted by molar-refractivity contribution is 7.38. The Morgan fingerprint density at radius 2 is 1.73 bits per heavy atom. The number of rotatable bonds is 4. The summed E-state index contributed by atoms with van der Waals surface area (Å²) in [5, 5.41) is 0. The van der Waals surface area contributed by atoms with Crippen LogP contribution in [0.2, 0.25) is 0 Å². The van der Waals surface area contributed by atoms with Crippen LogP contribution in [0, 0.1) is 0 Å². The van der Waals surface area contributed by atoms with Gasteiger partial charge < -0.3 is 19.4 Å². The molecule has 0 saturated heterocycles. The first-order valence-corrected chi connectivity index (χ1v) is 5.92. The smallest absolute Gasteiger partial charge is 0.333 e. The lowest BCUT2D eigenvalue weighted by atomic mass is 10.2. The molecule has 0 radical (unpaired) electrons. The maximum Gasteiger partial charge on any atom is 0.333 e. The van der Waals surface area contributed by atoms with E-state index in [9.17, 15) is 4.79 Å². The molecule has 0 atom stereocenters. The lowest BCUT2D eigenvalue weighted by molar-refractivity contribution is -0.138. The Bertz CT molecular complexity index is 188. The normalized spacial score (nSPS) is 10.7. The van der Waals surface area contributed by atoms with Crippen molar-refractivity contribution in [3.8, 4) is 0 Å². The molecule has 0 aromatic carbocycles. The molecule has 0 aromatic heterocycles. The molecule has 0 amide bonds. The quantitative estimate of drug-likeness (QED) is 0.392. The van der Waals surface area contributed by atoms with E-state index in [1.807, 2.05) is 26.8 Å². The zero-order valence-electron chi connectivity index (χ0n) is 9.30. The summed E-state index contributed by atoms with van der Waals surface area (Å²) in [5.74, 6) is -0.170. The summed E-state index contributed by atoms with van der Waals surface area (Å²) < 4.78 is 4.84. The van der Waals surface area contributed by atoms with E-state index in [1.54, 1.807) is 0 Å². The van der Waals surface area contributed by atoms with Crippen molar-refractivity contribution in [2.45, 2.75) is 33.6 Å². The van der Waals surface area contributed by atoms with Gasteiger partial charge in [0.25, 0.3) is 0 Å². The van der Waals surface area contributed by atoms with E-state index in [-0.39, 0.29) is 5.97 Å². The fourth-order valence-electron chi connectivity index (χ4n) is 0.842. The molecular formula is C9H19O5P. The topological polar surface area (TPSA) is 87.0 Å². The molecule has 3 N–H and O–H groups in total. The van der Waals surface area contributed by atoms with Crippen LogP contribution >= 0.6 is 8.60 Å². The van der Waals surface area contributed by atoms with Crippen molar-refractivity contribution >= 4 is 14.6 Å². The Kier molecular flexibility index (Phi) is 13.1. The Balaban J connectivity index is 0. The molecule has 0 aliphatic rings. The molecule has 15 heavy (non-hydrogen) atoms. The van der Waals surface area contributed by atoms with Gasteiger partial charge in [0.05, 0.1) is 6.61 Å². The van der Waals surface area contributed by atoms with Crippen LogP contribution in [0.4, 0.5) is 0 Å². The van der Waals surface area contributed by atoms with Crippen LogP contribution in [0.25, 0.3) is 0 Å². The van der Waals surface area contributed by atoms with E-state index in [4.69, 9.17) is 19.4 Å². The predicted molar refractivity (Wildman–Crippen MR) is 58.9 cm³/mol. The third kappa shape index (κ3) is 13.5. The fraction of sp³-hybridized carbons (Fsp3) is 0.667. The van der Waals surface area contributed by atoms with Crippen LogP contribution in [0.1, 0.15) is 33.6 Å². The van der Waals surface area contributed by atoms with Gasteiger partial charge in [-0.3, -0.25) is 0 Å². The molecule has 6 heteroatoms. The van der Waals surface area contributed by atoms with Crippen molar-refractivity contribution < 1.29 is 24.2 Å². The third-order valence-corrected chi connectivity index (χ3v) is 1.37. The summed E-state index contributed by atoms with van der Waals surface area (Å²) in [6.07, 6.45) is 3.56. The van der Waals surface area contributed by atoms with E-state index in [0.717, 1.165) is 18.4 Å². The van der Waals surface area contributed by atoms with Gasteiger partial charge >= 0.3 is 14.6 Å². The molecule has 0 spiro atoms. The second kappa shape index (κ2) is 11.6. The Morgan fingerprint density at radius 3 is 2.00 bits per heavy atom. The second-order valence-corrected chi connectivity index (χ2v) is 3.02. The van der Waals surface area contributed by atoms with Gasteiger partial charge in [-0.15, -0.1) is 0 Å². The van der Waals surface area contributed by atoms with Crippen LogP contribution in [0.3, 0.4) is 0 Å². The van der Waals surface area contributed by atoms with E-state index in [0.29, 0.717) is 6.61 Å². The average molecular weight is 238 g/mol. The van der Waals surface area contributed by atoms with Crippen molar-refractivity contribution in [3.05, 3.63) is 11.6 Å². The molecule has 0 unspecified atom stereocenters. The number of carbonyl (C=O) groups is 1. The maximum atomic E-state index is 11.1. The highest BCUT2D eigenvalue weighted by Crippen LogP contribution is 2.11. The first-order valence-electron chi connectivity index (χ1n) is 4.72. The highest BCUT2D eigenvalue weighted by Gasteiger charge is 2.05. The van der Waals surface area contributed by atoms with Gasteiger partial charge in [0.2, 0.25) is 0 Å². The molecule has 90 valence electrons. The summed E-state index contributed by atoms with van der Waals surface area (Å²) >= 11 is 0. The Morgan fingerprint density at radius 1 is 1.27 bits per heavy atom. The van der Waals surface area contributed by atoms with Crippen LogP contribution in [-0.4, -0.2) is 27.3 Å².